The van der Waals surface area contributed by atoms with Crippen molar-refractivity contribution in [2.24, 2.45) is 0 Å². The molecule has 0 unspecified atom stereocenters. The van der Waals surface area contributed by atoms with E-state index in [9.17, 15) is 16.8 Å². The Kier molecular flexibility index (Phi) is 14.7. The van der Waals surface area contributed by atoms with E-state index < -0.39 is 51.3 Å². The van der Waals surface area contributed by atoms with Gasteiger partial charge in [-0.3, -0.25) is 8.37 Å². The number of hydrogen-bond acceptors (Lipinski definition) is 10. The zero-order valence-corrected chi connectivity index (χ0v) is 28.6. The maximum Gasteiger partial charge on any atom is 0.264 e. The maximum absolute atomic E-state index is 12.7. The van der Waals surface area contributed by atoms with Crippen LogP contribution in [0.5, 0.6) is 0 Å². The van der Waals surface area contributed by atoms with Crippen molar-refractivity contribution in [1.29, 1.82) is 0 Å². The molecule has 4 rings (SSSR count). The minimum absolute atomic E-state index is 0.0529. The van der Waals surface area contributed by atoms with Crippen LogP contribution in [0.25, 0.3) is 0 Å². The summed E-state index contributed by atoms with van der Waals surface area (Å²) in [7, 11) is -7.95. The van der Waals surface area contributed by atoms with Crippen molar-refractivity contribution in [3.05, 3.63) is 144 Å². The van der Waals surface area contributed by atoms with Gasteiger partial charge in [-0.05, 0) is 22.3 Å². The van der Waals surface area contributed by atoms with Crippen LogP contribution in [-0.2, 0) is 74.0 Å². The van der Waals surface area contributed by atoms with Crippen molar-refractivity contribution < 1.29 is 44.1 Å². The number of benzene rings is 4. The van der Waals surface area contributed by atoms with Crippen LogP contribution in [0.3, 0.4) is 0 Å². The molecule has 4 aromatic carbocycles. The van der Waals surface area contributed by atoms with E-state index in [4.69, 9.17) is 27.3 Å². The highest BCUT2D eigenvalue weighted by molar-refractivity contribution is 7.86. The number of hydrogen-bond donors (Lipinski definition) is 0. The van der Waals surface area contributed by atoms with Gasteiger partial charge in [0.1, 0.15) is 24.4 Å². The molecule has 0 aliphatic carbocycles. The van der Waals surface area contributed by atoms with E-state index in [1.807, 2.05) is 121 Å². The highest BCUT2D eigenvalue weighted by Gasteiger charge is 2.41. The molecule has 0 saturated heterocycles. The Morgan fingerprint density at radius 3 is 1.23 bits per heavy atom. The second kappa shape index (κ2) is 18.9. The van der Waals surface area contributed by atoms with E-state index in [2.05, 4.69) is 0 Å². The second-order valence-corrected chi connectivity index (χ2v) is 14.4. The Balaban J connectivity index is 1.73. The van der Waals surface area contributed by atoms with Crippen molar-refractivity contribution >= 4 is 20.2 Å². The van der Waals surface area contributed by atoms with Crippen molar-refractivity contribution in [2.75, 3.05) is 25.7 Å². The third-order valence-electron chi connectivity index (χ3n) is 7.07. The first-order valence-corrected chi connectivity index (χ1v) is 19.0. The fourth-order valence-corrected chi connectivity index (χ4v) is 5.83. The monoisotopic (exact) mass is 698 g/mol. The van der Waals surface area contributed by atoms with Gasteiger partial charge in [-0.1, -0.05) is 121 Å². The topological polar surface area (TPSA) is 124 Å². The molecule has 0 aromatic heterocycles. The molecule has 0 amide bonds. The zero-order valence-electron chi connectivity index (χ0n) is 27.0. The highest BCUT2D eigenvalue weighted by Crippen LogP contribution is 2.24. The van der Waals surface area contributed by atoms with Gasteiger partial charge < -0.3 is 18.9 Å². The quantitative estimate of drug-likeness (QED) is 0.106. The van der Waals surface area contributed by atoms with Crippen LogP contribution in [0.2, 0.25) is 0 Å². The first-order valence-electron chi connectivity index (χ1n) is 15.4. The summed E-state index contributed by atoms with van der Waals surface area (Å²) >= 11 is 0. The largest absolute Gasteiger partial charge is 0.374 e. The van der Waals surface area contributed by atoms with Gasteiger partial charge in [-0.2, -0.15) is 16.8 Å². The van der Waals surface area contributed by atoms with Crippen molar-refractivity contribution in [3.63, 3.8) is 0 Å². The summed E-state index contributed by atoms with van der Waals surface area (Å²) in [5.74, 6) is 0. The first kappa shape index (κ1) is 37.4. The van der Waals surface area contributed by atoms with Crippen LogP contribution >= 0.6 is 0 Å². The molecule has 258 valence electrons. The molecule has 10 nitrogen and oxygen atoms in total. The lowest BCUT2D eigenvalue weighted by Gasteiger charge is -2.37. The average molecular weight is 699 g/mol. The fourth-order valence-electron chi connectivity index (χ4n) is 4.84. The van der Waals surface area contributed by atoms with Gasteiger partial charge in [0.05, 0.1) is 52.2 Å². The Morgan fingerprint density at radius 2 is 0.833 bits per heavy atom. The van der Waals surface area contributed by atoms with Crippen molar-refractivity contribution in [3.8, 4) is 0 Å². The molecule has 0 radical (unpaired) electrons. The lowest BCUT2D eigenvalue weighted by molar-refractivity contribution is -0.187. The van der Waals surface area contributed by atoms with Crippen LogP contribution in [0.15, 0.2) is 121 Å². The van der Waals surface area contributed by atoms with Crippen molar-refractivity contribution in [2.45, 2.75) is 50.8 Å². The minimum Gasteiger partial charge on any atom is -0.374 e. The molecule has 4 atom stereocenters. The van der Waals surface area contributed by atoms with E-state index in [0.29, 0.717) is 0 Å². The molecule has 0 fully saturated rings. The zero-order chi connectivity index (χ0) is 34.2. The predicted molar refractivity (Wildman–Crippen MR) is 182 cm³/mol. The van der Waals surface area contributed by atoms with Crippen molar-refractivity contribution in [1.82, 2.24) is 0 Å². The Morgan fingerprint density at radius 1 is 0.458 bits per heavy atom. The van der Waals surface area contributed by atoms with E-state index in [1.165, 1.54) is 0 Å². The van der Waals surface area contributed by atoms with E-state index in [0.717, 1.165) is 34.8 Å². The summed E-state index contributed by atoms with van der Waals surface area (Å²) in [6, 6.07) is 37.4. The van der Waals surface area contributed by atoms with Gasteiger partial charge in [-0.25, -0.2) is 0 Å². The number of rotatable bonds is 21. The summed E-state index contributed by atoms with van der Waals surface area (Å²) in [6.07, 6.45) is -2.66. The molecule has 0 spiro atoms. The first-order chi connectivity index (χ1) is 23.1. The normalized spacial score (nSPS) is 14.6. The van der Waals surface area contributed by atoms with Gasteiger partial charge in [0.15, 0.2) is 0 Å². The highest BCUT2D eigenvalue weighted by atomic mass is 32.2. The SMILES string of the molecule is CS(=O)(=O)OC[C@@H](OCc1ccccc1)[C@@H](OCc1ccccc1)[C@H](OCc1ccccc1)[C@H](COCc1ccccc1)OS(C)(=O)=O. The Labute approximate surface area is 283 Å². The molecule has 12 heteroatoms. The Hall–Kier alpha value is -3.46. The average Bonchev–Trinajstić information content (AvgIpc) is 3.07. The van der Waals surface area contributed by atoms with Gasteiger partial charge in [-0.15, -0.1) is 0 Å². The molecule has 0 aliphatic rings. The van der Waals surface area contributed by atoms with Crippen LogP contribution < -0.4 is 0 Å². The lowest BCUT2D eigenvalue weighted by atomic mass is 10.0. The molecule has 4 aromatic rings. The molecular weight excluding hydrogens is 657 g/mol. The maximum atomic E-state index is 12.7. The second-order valence-electron chi connectivity index (χ2n) is 11.2. The molecule has 0 heterocycles. The summed E-state index contributed by atoms with van der Waals surface area (Å²) in [4.78, 5) is 0. The molecule has 48 heavy (non-hydrogen) atoms. The van der Waals surface area contributed by atoms with Crippen LogP contribution in [0.1, 0.15) is 22.3 Å². The summed E-state index contributed by atoms with van der Waals surface area (Å²) < 4.78 is 86.0. The fraction of sp³-hybridized carbons (Fsp3) is 0.333. The Bertz CT molecular complexity index is 1690. The third kappa shape index (κ3) is 14.0. The summed E-state index contributed by atoms with van der Waals surface area (Å²) in [6.45, 7) is -0.264. The van der Waals surface area contributed by atoms with Gasteiger partial charge in [0, 0.05) is 0 Å². The van der Waals surface area contributed by atoms with Crippen LogP contribution in [0.4, 0.5) is 0 Å². The lowest BCUT2D eigenvalue weighted by Crippen LogP contribution is -2.52. The molecular formula is C36H42O10S2. The number of ether oxygens (including phenoxy) is 4. The van der Waals surface area contributed by atoms with Crippen LogP contribution in [-0.4, -0.2) is 67.0 Å². The summed E-state index contributed by atoms with van der Waals surface area (Å²) in [5, 5.41) is 0. The van der Waals surface area contributed by atoms with E-state index in [-0.39, 0.29) is 33.0 Å². The molecule has 0 bridgehead atoms. The standard InChI is InChI=1S/C36H42O10S2/c1-47(37,38)45-28-33(42-24-30-17-9-4-10-18-30)35(43-25-31-19-11-5-12-20-31)36(44-26-32-21-13-6-14-22-32)34(46-48(2,39)40)27-41-23-29-15-7-3-8-16-29/h3-22,33-36H,23-28H2,1-2H3/t33-,34+,35-,36-/m1/s1. The van der Waals surface area contributed by atoms with Gasteiger partial charge in [0.2, 0.25) is 0 Å². The molecule has 0 N–H and O–H groups in total. The smallest absolute Gasteiger partial charge is 0.264 e. The third-order valence-corrected chi connectivity index (χ3v) is 8.23. The van der Waals surface area contributed by atoms with Gasteiger partial charge >= 0.3 is 0 Å². The van der Waals surface area contributed by atoms with E-state index in [1.54, 1.807) is 0 Å². The minimum atomic E-state index is -4.05. The molecule has 0 saturated carbocycles. The van der Waals surface area contributed by atoms with Gasteiger partial charge in [0.25, 0.3) is 20.2 Å². The van der Waals surface area contributed by atoms with Crippen LogP contribution in [0, 0.1) is 0 Å². The predicted octanol–water partition coefficient (Wildman–Crippen LogP) is 5.28. The molecule has 0 aliphatic heterocycles. The van der Waals surface area contributed by atoms with E-state index >= 15 is 0 Å². The summed E-state index contributed by atoms with van der Waals surface area (Å²) in [5.41, 5.74) is 3.32.